The molecular formula is C28H44OSi. The van der Waals surface area contributed by atoms with Gasteiger partial charge in [-0.1, -0.05) is 138 Å². The Morgan fingerprint density at radius 2 is 1.03 bits per heavy atom. The van der Waals surface area contributed by atoms with Crippen LogP contribution in [0.5, 0.6) is 0 Å². The van der Waals surface area contributed by atoms with Crippen molar-refractivity contribution in [1.29, 1.82) is 0 Å². The average Bonchev–Trinajstić information content (AvgIpc) is 2.78. The van der Waals surface area contributed by atoms with Gasteiger partial charge in [0.2, 0.25) is 0 Å². The van der Waals surface area contributed by atoms with Gasteiger partial charge in [0.1, 0.15) is 0 Å². The molecule has 1 atom stereocenters. The average molecular weight is 425 g/mol. The first kappa shape index (κ1) is 24.9. The van der Waals surface area contributed by atoms with Gasteiger partial charge in [0, 0.05) is 6.10 Å². The molecule has 0 bridgehead atoms. The Balaban J connectivity index is 1.71. The number of rotatable bonds is 16. The van der Waals surface area contributed by atoms with E-state index in [2.05, 4.69) is 81.1 Å². The maximum atomic E-state index is 6.84. The molecule has 2 aromatic rings. The Labute approximate surface area is 187 Å². The summed E-state index contributed by atoms with van der Waals surface area (Å²) in [5.74, 6) is 0. The molecule has 0 aromatic heterocycles. The molecule has 1 nitrogen and oxygen atoms in total. The normalized spacial score (nSPS) is 12.8. The van der Waals surface area contributed by atoms with Gasteiger partial charge >= 0.3 is 0 Å². The molecule has 0 N–H and O–H groups in total. The van der Waals surface area contributed by atoms with Crippen molar-refractivity contribution in [1.82, 2.24) is 0 Å². The minimum absolute atomic E-state index is 0.306. The van der Waals surface area contributed by atoms with Crippen LogP contribution in [0.4, 0.5) is 0 Å². The fourth-order valence-corrected chi connectivity index (χ4v) is 7.56. The van der Waals surface area contributed by atoms with Crippen molar-refractivity contribution in [3.05, 3.63) is 60.7 Å². The Hall–Kier alpha value is -1.38. The van der Waals surface area contributed by atoms with Gasteiger partial charge in [0.25, 0.3) is 8.32 Å². The first-order valence-electron chi connectivity index (χ1n) is 12.5. The largest absolute Gasteiger partial charge is 0.406 e. The minimum atomic E-state index is -2.16. The maximum absolute atomic E-state index is 6.84. The zero-order valence-corrected chi connectivity index (χ0v) is 20.7. The second kappa shape index (κ2) is 14.6. The second-order valence-electron chi connectivity index (χ2n) is 9.02. The van der Waals surface area contributed by atoms with E-state index in [0.29, 0.717) is 6.10 Å². The van der Waals surface area contributed by atoms with Crippen LogP contribution in [0.1, 0.15) is 90.9 Å². The highest BCUT2D eigenvalue weighted by molar-refractivity contribution is 6.96. The van der Waals surface area contributed by atoms with Crippen LogP contribution in [0.15, 0.2) is 60.7 Å². The Morgan fingerprint density at radius 3 is 1.47 bits per heavy atom. The van der Waals surface area contributed by atoms with Crippen LogP contribution in [0.25, 0.3) is 0 Å². The van der Waals surface area contributed by atoms with Gasteiger partial charge in [0.05, 0.1) is 0 Å². The first-order chi connectivity index (χ1) is 14.7. The van der Waals surface area contributed by atoms with Crippen molar-refractivity contribution in [3.8, 4) is 0 Å². The molecule has 0 saturated carbocycles. The summed E-state index contributed by atoms with van der Waals surface area (Å²) < 4.78 is 6.84. The van der Waals surface area contributed by atoms with Crippen molar-refractivity contribution in [3.63, 3.8) is 0 Å². The molecule has 1 unspecified atom stereocenters. The van der Waals surface area contributed by atoms with Crippen molar-refractivity contribution in [2.75, 3.05) is 0 Å². The number of benzene rings is 2. The van der Waals surface area contributed by atoms with E-state index < -0.39 is 8.32 Å². The van der Waals surface area contributed by atoms with Crippen LogP contribution < -0.4 is 10.4 Å². The van der Waals surface area contributed by atoms with E-state index >= 15 is 0 Å². The third kappa shape index (κ3) is 8.77. The lowest BCUT2D eigenvalue weighted by Gasteiger charge is -2.32. The maximum Gasteiger partial charge on any atom is 0.253 e. The highest BCUT2D eigenvalue weighted by Gasteiger charge is 2.35. The first-order valence-corrected chi connectivity index (χ1v) is 14.9. The molecule has 0 saturated heterocycles. The van der Waals surface area contributed by atoms with Gasteiger partial charge in [-0.3, -0.25) is 0 Å². The summed E-state index contributed by atoms with van der Waals surface area (Å²) in [6.07, 6.45) is 16.8. The molecule has 2 rings (SSSR count). The van der Waals surface area contributed by atoms with Crippen LogP contribution in [0, 0.1) is 0 Å². The molecule has 0 radical (unpaired) electrons. The van der Waals surface area contributed by atoms with E-state index in [4.69, 9.17) is 4.43 Å². The molecule has 0 aliphatic heterocycles. The second-order valence-corrected chi connectivity index (χ2v) is 12.5. The van der Waals surface area contributed by atoms with Crippen LogP contribution >= 0.6 is 0 Å². The lowest BCUT2D eigenvalue weighted by atomic mass is 10.0. The lowest BCUT2D eigenvalue weighted by Crippen LogP contribution is -2.59. The Bertz CT molecular complexity index is 615. The molecule has 166 valence electrons. The fraction of sp³-hybridized carbons (Fsp3) is 0.571. The molecule has 2 aromatic carbocycles. The fourth-order valence-electron chi connectivity index (χ4n) is 4.37. The molecule has 30 heavy (non-hydrogen) atoms. The van der Waals surface area contributed by atoms with Gasteiger partial charge in [-0.05, 0) is 30.3 Å². The molecule has 0 spiro atoms. The Morgan fingerprint density at radius 1 is 0.633 bits per heavy atom. The van der Waals surface area contributed by atoms with Gasteiger partial charge < -0.3 is 4.43 Å². The van der Waals surface area contributed by atoms with E-state index in [1.165, 1.54) is 87.4 Å². The standard InChI is InChI=1S/C28H44OSi/c1-4-5-6-7-8-9-10-11-12-13-16-21-26(2)29-30(3,27-22-17-14-18-23-27)28-24-19-15-20-25-28/h14-15,17-20,22-26H,4-13,16,21H2,1-3H3. The highest BCUT2D eigenvalue weighted by atomic mass is 28.4. The minimum Gasteiger partial charge on any atom is -0.406 e. The van der Waals surface area contributed by atoms with Gasteiger partial charge in [-0.2, -0.15) is 0 Å². The quantitative estimate of drug-likeness (QED) is 0.200. The third-order valence-corrected chi connectivity index (χ3v) is 10.0. The van der Waals surface area contributed by atoms with Crippen molar-refractivity contribution >= 4 is 18.7 Å². The van der Waals surface area contributed by atoms with Crippen LogP contribution in [0.3, 0.4) is 0 Å². The molecule has 0 fully saturated rings. The summed E-state index contributed by atoms with van der Waals surface area (Å²) in [5.41, 5.74) is 0. The lowest BCUT2D eigenvalue weighted by molar-refractivity contribution is 0.204. The predicted molar refractivity (Wildman–Crippen MR) is 135 cm³/mol. The third-order valence-electron chi connectivity index (χ3n) is 6.30. The summed E-state index contributed by atoms with van der Waals surface area (Å²) >= 11 is 0. The van der Waals surface area contributed by atoms with Crippen molar-refractivity contribution in [2.45, 2.75) is 104 Å². The van der Waals surface area contributed by atoms with E-state index in [-0.39, 0.29) is 0 Å². The van der Waals surface area contributed by atoms with Crippen LogP contribution in [0.2, 0.25) is 6.55 Å². The smallest absolute Gasteiger partial charge is 0.253 e. The Kier molecular flexibility index (Phi) is 12.1. The van der Waals surface area contributed by atoms with Crippen LogP contribution in [-0.4, -0.2) is 14.4 Å². The van der Waals surface area contributed by atoms with Crippen LogP contribution in [-0.2, 0) is 4.43 Å². The zero-order valence-electron chi connectivity index (χ0n) is 19.7. The summed E-state index contributed by atoms with van der Waals surface area (Å²) in [6, 6.07) is 21.7. The molecule has 2 heteroatoms. The summed E-state index contributed by atoms with van der Waals surface area (Å²) in [7, 11) is -2.16. The molecule has 0 aliphatic rings. The summed E-state index contributed by atoms with van der Waals surface area (Å²) in [6.45, 7) is 6.92. The van der Waals surface area contributed by atoms with Gasteiger partial charge in [0.15, 0.2) is 0 Å². The summed E-state index contributed by atoms with van der Waals surface area (Å²) in [5, 5.41) is 2.73. The van der Waals surface area contributed by atoms with Gasteiger partial charge in [-0.25, -0.2) is 0 Å². The molecule has 0 heterocycles. The molecular weight excluding hydrogens is 380 g/mol. The number of hydrogen-bond donors (Lipinski definition) is 0. The predicted octanol–water partition coefficient (Wildman–Crippen LogP) is 7.48. The van der Waals surface area contributed by atoms with E-state index in [9.17, 15) is 0 Å². The van der Waals surface area contributed by atoms with E-state index in [1.807, 2.05) is 0 Å². The molecule has 0 aliphatic carbocycles. The topological polar surface area (TPSA) is 9.23 Å². The van der Waals surface area contributed by atoms with Crippen molar-refractivity contribution < 1.29 is 4.43 Å². The summed E-state index contributed by atoms with van der Waals surface area (Å²) in [4.78, 5) is 0. The monoisotopic (exact) mass is 424 g/mol. The highest BCUT2D eigenvalue weighted by Crippen LogP contribution is 2.16. The molecule has 0 amide bonds. The van der Waals surface area contributed by atoms with E-state index in [0.717, 1.165) is 0 Å². The SMILES string of the molecule is CCCCCCCCCCCCCC(C)O[Si](C)(c1ccccc1)c1ccccc1. The number of hydrogen-bond acceptors (Lipinski definition) is 1. The number of unbranched alkanes of at least 4 members (excludes halogenated alkanes) is 10. The van der Waals surface area contributed by atoms with Crippen molar-refractivity contribution in [2.24, 2.45) is 0 Å². The van der Waals surface area contributed by atoms with E-state index in [1.54, 1.807) is 0 Å². The zero-order chi connectivity index (χ0) is 21.5. The van der Waals surface area contributed by atoms with Gasteiger partial charge in [-0.15, -0.1) is 0 Å².